The molecular weight excluding hydrogens is 512 g/mol. The van der Waals surface area contributed by atoms with Crippen molar-refractivity contribution < 1.29 is 9.53 Å². The molecule has 0 aliphatic heterocycles. The Kier molecular flexibility index (Phi) is 8.95. The van der Waals surface area contributed by atoms with Crippen LogP contribution in [0.1, 0.15) is 178 Å². The first-order chi connectivity index (χ1) is 19.6. The lowest BCUT2D eigenvalue weighted by Crippen LogP contribution is -2.64. The van der Waals surface area contributed by atoms with E-state index in [4.69, 9.17) is 4.74 Å². The summed E-state index contributed by atoms with van der Waals surface area (Å²) in [4.78, 5) is 13.0. The number of hydrogen-bond acceptors (Lipinski definition) is 2. The molecular formula is C40H68O2. The van der Waals surface area contributed by atoms with Crippen LogP contribution in [0.25, 0.3) is 0 Å². The molecule has 5 aliphatic carbocycles. The molecule has 5 rings (SSSR count). The number of allylic oxidation sites excluding steroid dienone is 2. The van der Waals surface area contributed by atoms with E-state index in [1.165, 1.54) is 96.3 Å². The van der Waals surface area contributed by atoms with Gasteiger partial charge in [-0.25, -0.2) is 0 Å². The fourth-order valence-electron chi connectivity index (χ4n) is 12.1. The smallest absolute Gasteiger partial charge is 0.306 e. The fraction of sp³-hybridized carbons (Fsp3) is 0.925. The highest BCUT2D eigenvalue weighted by molar-refractivity contribution is 5.69. The first kappa shape index (κ1) is 32.6. The summed E-state index contributed by atoms with van der Waals surface area (Å²) in [7, 11) is 0. The molecule has 0 amide bonds. The molecule has 240 valence electrons. The first-order valence-electron chi connectivity index (χ1n) is 18.5. The van der Waals surface area contributed by atoms with Crippen molar-refractivity contribution in [2.45, 2.75) is 184 Å². The number of hydrogen-bond donors (Lipinski definition) is 0. The Hall–Kier alpha value is -0.790. The van der Waals surface area contributed by atoms with Gasteiger partial charge in [-0.2, -0.15) is 0 Å². The van der Waals surface area contributed by atoms with Gasteiger partial charge in [0.2, 0.25) is 0 Å². The third-order valence-corrected chi connectivity index (χ3v) is 15.3. The van der Waals surface area contributed by atoms with E-state index >= 15 is 0 Å². The van der Waals surface area contributed by atoms with Crippen LogP contribution in [-0.2, 0) is 9.53 Å². The Morgan fingerprint density at radius 1 is 0.786 bits per heavy atom. The summed E-state index contributed by atoms with van der Waals surface area (Å²) in [6.07, 6.45) is 25.3. The number of carbonyl (C=O) groups is 1. The van der Waals surface area contributed by atoms with Crippen molar-refractivity contribution >= 4 is 5.97 Å². The molecule has 0 saturated heterocycles. The molecule has 2 heteroatoms. The second-order valence-electron chi connectivity index (χ2n) is 18.6. The predicted octanol–water partition coefficient (Wildman–Crippen LogP) is 11.9. The van der Waals surface area contributed by atoms with E-state index in [1.54, 1.807) is 0 Å². The molecule has 0 radical (unpaired) electrons. The molecule has 0 spiro atoms. The van der Waals surface area contributed by atoms with E-state index in [2.05, 4.69) is 68.4 Å². The molecule has 2 nitrogen and oxygen atoms in total. The Morgan fingerprint density at radius 3 is 2.17 bits per heavy atom. The normalized spacial score (nSPS) is 43.7. The molecule has 0 bridgehead atoms. The Labute approximate surface area is 261 Å². The number of carbonyl (C=O) groups excluding carboxylic acids is 1. The molecule has 42 heavy (non-hydrogen) atoms. The van der Waals surface area contributed by atoms with E-state index in [1.807, 2.05) is 5.57 Å². The summed E-state index contributed by atoms with van der Waals surface area (Å²) >= 11 is 0. The molecule has 0 aromatic carbocycles. The van der Waals surface area contributed by atoms with Crippen molar-refractivity contribution in [2.24, 2.45) is 50.2 Å². The minimum atomic E-state index is 0.0353. The van der Waals surface area contributed by atoms with Crippen molar-refractivity contribution in [3.8, 4) is 0 Å². The van der Waals surface area contributed by atoms with Gasteiger partial charge < -0.3 is 4.74 Å². The maximum atomic E-state index is 13.0. The Bertz CT molecular complexity index is 1020. The van der Waals surface area contributed by atoms with Crippen LogP contribution in [-0.4, -0.2) is 12.1 Å². The quantitative estimate of drug-likeness (QED) is 0.154. The van der Waals surface area contributed by atoms with Gasteiger partial charge in [-0.1, -0.05) is 112 Å². The van der Waals surface area contributed by atoms with Crippen LogP contribution in [0.2, 0.25) is 0 Å². The number of esters is 1. The minimum Gasteiger partial charge on any atom is -0.462 e. The Balaban J connectivity index is 1.29. The van der Waals surface area contributed by atoms with Gasteiger partial charge in [0.1, 0.15) is 6.10 Å². The number of ether oxygens (including phenoxy) is 1. The SMILES string of the molecule is CCCCCCCCCC(=O)O[C@H]1CC[C@]2(C)[C@H]3CC=C4[C@@H]5CC(C)(C)CC[C@]5(C)CC[C@@]4(C)[C@]3(C)CC[C@H]2C1(C)C. The van der Waals surface area contributed by atoms with Crippen LogP contribution in [0, 0.1) is 50.2 Å². The van der Waals surface area contributed by atoms with Crippen molar-refractivity contribution in [3.05, 3.63) is 11.6 Å². The van der Waals surface area contributed by atoms with E-state index in [9.17, 15) is 4.79 Å². The second-order valence-corrected chi connectivity index (χ2v) is 18.6. The average molecular weight is 581 g/mol. The van der Waals surface area contributed by atoms with Crippen molar-refractivity contribution in [2.75, 3.05) is 0 Å². The first-order valence-corrected chi connectivity index (χ1v) is 18.5. The lowest BCUT2D eigenvalue weighted by Gasteiger charge is -2.71. The summed E-state index contributed by atoms with van der Waals surface area (Å²) in [6.45, 7) is 23.0. The average Bonchev–Trinajstić information content (AvgIpc) is 2.91. The third-order valence-electron chi connectivity index (χ3n) is 15.3. The van der Waals surface area contributed by atoms with Gasteiger partial charge >= 0.3 is 5.97 Å². The van der Waals surface area contributed by atoms with Crippen LogP contribution in [0.5, 0.6) is 0 Å². The zero-order valence-electron chi connectivity index (χ0n) is 29.4. The van der Waals surface area contributed by atoms with Gasteiger partial charge in [0.05, 0.1) is 0 Å². The summed E-state index contributed by atoms with van der Waals surface area (Å²) in [6, 6.07) is 0. The summed E-state index contributed by atoms with van der Waals surface area (Å²) < 4.78 is 6.35. The van der Waals surface area contributed by atoms with E-state index in [0.717, 1.165) is 24.7 Å². The molecule has 0 N–H and O–H groups in total. The van der Waals surface area contributed by atoms with Gasteiger partial charge in [-0.15, -0.1) is 0 Å². The fourth-order valence-corrected chi connectivity index (χ4v) is 12.1. The zero-order valence-corrected chi connectivity index (χ0v) is 29.4. The maximum absolute atomic E-state index is 13.0. The minimum absolute atomic E-state index is 0.0353. The zero-order chi connectivity index (χ0) is 30.6. The highest BCUT2D eigenvalue weighted by Crippen LogP contribution is 2.75. The highest BCUT2D eigenvalue weighted by atomic mass is 16.5. The van der Waals surface area contributed by atoms with E-state index < -0.39 is 0 Å². The van der Waals surface area contributed by atoms with Gasteiger partial charge in [-0.05, 0) is 115 Å². The standard InChI is InChI=1S/C40H68O2/c1-10-11-12-13-14-15-16-17-34(41)42-33-21-22-38(7)31(36(33,4)5)20-23-40(9)32(38)19-18-29-30-28-35(2,3)24-25-37(30,6)26-27-39(29,40)8/h18,30-33H,10-17,19-28H2,1-9H3/t30-,31-,32+,33-,37+,38-,39+,40+/m0/s1. The molecule has 4 saturated carbocycles. The van der Waals surface area contributed by atoms with Crippen LogP contribution >= 0.6 is 0 Å². The second kappa shape index (κ2) is 11.5. The Morgan fingerprint density at radius 2 is 1.45 bits per heavy atom. The monoisotopic (exact) mass is 581 g/mol. The lowest BCUT2D eigenvalue weighted by molar-refractivity contribution is -0.212. The molecule has 4 fully saturated rings. The molecule has 8 atom stereocenters. The topological polar surface area (TPSA) is 26.3 Å². The summed E-state index contributed by atoms with van der Waals surface area (Å²) in [5.74, 6) is 2.17. The van der Waals surface area contributed by atoms with Gasteiger partial charge in [0.15, 0.2) is 0 Å². The largest absolute Gasteiger partial charge is 0.462 e. The summed E-state index contributed by atoms with van der Waals surface area (Å²) in [5, 5.41) is 0. The van der Waals surface area contributed by atoms with Gasteiger partial charge in [-0.3, -0.25) is 4.79 Å². The van der Waals surface area contributed by atoms with Crippen molar-refractivity contribution in [1.82, 2.24) is 0 Å². The van der Waals surface area contributed by atoms with E-state index in [-0.39, 0.29) is 17.5 Å². The molecule has 0 aromatic rings. The lowest BCUT2D eigenvalue weighted by atomic mass is 9.33. The van der Waals surface area contributed by atoms with Crippen LogP contribution in [0.4, 0.5) is 0 Å². The number of unbranched alkanes of at least 4 members (excludes halogenated alkanes) is 6. The van der Waals surface area contributed by atoms with Gasteiger partial charge in [0.25, 0.3) is 0 Å². The third kappa shape index (κ3) is 5.37. The highest BCUT2D eigenvalue weighted by Gasteiger charge is 2.68. The molecule has 0 aromatic heterocycles. The number of rotatable bonds is 9. The molecule has 0 heterocycles. The predicted molar refractivity (Wildman–Crippen MR) is 177 cm³/mol. The van der Waals surface area contributed by atoms with Crippen LogP contribution < -0.4 is 0 Å². The molecule has 5 aliphatic rings. The maximum Gasteiger partial charge on any atom is 0.306 e. The van der Waals surface area contributed by atoms with Crippen molar-refractivity contribution in [3.63, 3.8) is 0 Å². The van der Waals surface area contributed by atoms with Crippen LogP contribution in [0.3, 0.4) is 0 Å². The summed E-state index contributed by atoms with van der Waals surface area (Å²) in [5.41, 5.74) is 3.89. The van der Waals surface area contributed by atoms with E-state index in [0.29, 0.717) is 39.4 Å². The van der Waals surface area contributed by atoms with Gasteiger partial charge in [0, 0.05) is 11.8 Å². The number of fused-ring (bicyclic) bond motifs is 7. The van der Waals surface area contributed by atoms with Crippen LogP contribution in [0.15, 0.2) is 11.6 Å². The molecule has 0 unspecified atom stereocenters. The van der Waals surface area contributed by atoms with Crippen molar-refractivity contribution in [1.29, 1.82) is 0 Å².